The van der Waals surface area contributed by atoms with E-state index in [1.165, 1.54) is 28.0 Å². The van der Waals surface area contributed by atoms with Gasteiger partial charge in [0.1, 0.15) is 10.7 Å². The largest absolute Gasteiger partial charge is 0.309 e. The van der Waals surface area contributed by atoms with Crippen LogP contribution in [0.25, 0.3) is 20.7 Å². The van der Waals surface area contributed by atoms with Crippen molar-refractivity contribution in [2.45, 2.75) is 24.4 Å². The number of aromatic amines is 1. The van der Waals surface area contributed by atoms with Gasteiger partial charge in [-0.05, 0) is 35.0 Å². The average Bonchev–Trinajstić information content (AvgIpc) is 3.47. The minimum atomic E-state index is -0.109. The van der Waals surface area contributed by atoms with Gasteiger partial charge in [0.15, 0.2) is 0 Å². The second-order valence-corrected chi connectivity index (χ2v) is 9.73. The number of H-pyrrole nitrogens is 1. The smallest absolute Gasteiger partial charge is 0.260 e. The Morgan fingerprint density at radius 3 is 2.83 bits per heavy atom. The van der Waals surface area contributed by atoms with Crippen LogP contribution in [0.15, 0.2) is 57.8 Å². The second-order valence-electron chi connectivity index (χ2n) is 6.65. The van der Waals surface area contributed by atoms with E-state index < -0.39 is 0 Å². The molecule has 0 aliphatic rings. The minimum absolute atomic E-state index is 0.109. The summed E-state index contributed by atoms with van der Waals surface area (Å²) in [5, 5.41) is 15.3. The van der Waals surface area contributed by atoms with E-state index in [0.29, 0.717) is 28.7 Å². The quantitative estimate of drug-likeness (QED) is 0.385. The lowest BCUT2D eigenvalue weighted by atomic mass is 10.2. The van der Waals surface area contributed by atoms with Crippen molar-refractivity contribution in [2.75, 3.05) is 0 Å². The van der Waals surface area contributed by atoms with Crippen LogP contribution in [0, 0.1) is 6.92 Å². The Morgan fingerprint density at radius 2 is 2.03 bits per heavy atom. The molecule has 0 unspecified atom stereocenters. The summed E-state index contributed by atoms with van der Waals surface area (Å²) in [6.45, 7) is 2.65. The molecule has 4 aromatic heterocycles. The third kappa shape index (κ3) is 3.81. The normalized spacial score (nSPS) is 11.4. The second kappa shape index (κ2) is 8.13. The molecule has 10 heteroatoms. The van der Waals surface area contributed by atoms with Gasteiger partial charge in [0.25, 0.3) is 5.56 Å². The summed E-state index contributed by atoms with van der Waals surface area (Å²) < 4.78 is 1.75. The van der Waals surface area contributed by atoms with Crippen molar-refractivity contribution in [1.29, 1.82) is 0 Å². The number of hydrogen-bond acceptors (Lipinski definition) is 8. The molecule has 0 saturated heterocycles. The van der Waals surface area contributed by atoms with E-state index in [1.54, 1.807) is 16.0 Å². The fourth-order valence-electron chi connectivity index (χ4n) is 3.11. The highest BCUT2D eigenvalue weighted by Gasteiger charge is 2.15. The van der Waals surface area contributed by atoms with Crippen LogP contribution < -0.4 is 5.56 Å². The fraction of sp³-hybridized carbons (Fsp3) is 0.150. The number of thiophene rings is 2. The highest BCUT2D eigenvalue weighted by molar-refractivity contribution is 7.98. The molecule has 0 radical (unpaired) electrons. The van der Waals surface area contributed by atoms with E-state index >= 15 is 0 Å². The van der Waals surface area contributed by atoms with Gasteiger partial charge in [0.2, 0.25) is 5.16 Å². The number of hydrogen-bond donors (Lipinski definition) is 1. The summed E-state index contributed by atoms with van der Waals surface area (Å²) in [7, 11) is 0. The van der Waals surface area contributed by atoms with Gasteiger partial charge in [-0.3, -0.25) is 4.79 Å². The molecule has 4 heterocycles. The molecule has 0 fully saturated rings. The molecule has 7 nitrogen and oxygen atoms in total. The number of nitrogens with zero attached hydrogens (tertiary/aromatic N) is 5. The van der Waals surface area contributed by atoms with Gasteiger partial charge in [-0.15, -0.1) is 27.8 Å². The van der Waals surface area contributed by atoms with Crippen molar-refractivity contribution in [1.82, 2.24) is 30.2 Å². The molecular weight excluding hydrogens is 436 g/mol. The lowest BCUT2D eigenvalue weighted by Crippen LogP contribution is -2.11. The molecule has 0 bridgehead atoms. The maximum Gasteiger partial charge on any atom is 0.260 e. The van der Waals surface area contributed by atoms with E-state index in [0.717, 1.165) is 20.8 Å². The number of rotatable bonds is 6. The van der Waals surface area contributed by atoms with Gasteiger partial charge in [0.05, 0.1) is 17.7 Å². The van der Waals surface area contributed by atoms with Gasteiger partial charge in [0, 0.05) is 20.7 Å². The average molecular weight is 453 g/mol. The van der Waals surface area contributed by atoms with E-state index in [4.69, 9.17) is 0 Å². The molecular formula is C20H16N6OS3. The van der Waals surface area contributed by atoms with Gasteiger partial charge in [-0.1, -0.05) is 42.1 Å². The van der Waals surface area contributed by atoms with Gasteiger partial charge in [-0.2, -0.15) is 0 Å². The lowest BCUT2D eigenvalue weighted by Gasteiger charge is -2.04. The molecule has 5 aromatic rings. The van der Waals surface area contributed by atoms with Gasteiger partial charge >= 0.3 is 0 Å². The van der Waals surface area contributed by atoms with Crippen LogP contribution in [0.1, 0.15) is 16.3 Å². The molecule has 150 valence electrons. The standard InChI is InChI=1S/C20H16N6OS3/c1-12-7-8-15(30-12)14-10-28-19-17(14)18(27)21-16(22-19)11-29-20-23-24-25-26(20)9-13-5-3-2-4-6-13/h2-8,10H,9,11H2,1H3,(H,21,22,27). The molecule has 0 saturated carbocycles. The van der Waals surface area contributed by atoms with Crippen molar-refractivity contribution in [3.05, 3.63) is 74.5 Å². The molecule has 5 rings (SSSR count). The van der Waals surface area contributed by atoms with Crippen LogP contribution in [0.3, 0.4) is 0 Å². The van der Waals surface area contributed by atoms with Crippen LogP contribution in [0.4, 0.5) is 0 Å². The summed E-state index contributed by atoms with van der Waals surface area (Å²) in [5.41, 5.74) is 1.96. The molecule has 0 spiro atoms. The van der Waals surface area contributed by atoms with Crippen molar-refractivity contribution >= 4 is 44.7 Å². The summed E-state index contributed by atoms with van der Waals surface area (Å²) in [5.74, 6) is 1.09. The first kappa shape index (κ1) is 19.2. The minimum Gasteiger partial charge on any atom is -0.309 e. The molecule has 0 aliphatic heterocycles. The summed E-state index contributed by atoms with van der Waals surface area (Å²) >= 11 is 4.63. The monoisotopic (exact) mass is 452 g/mol. The zero-order valence-corrected chi connectivity index (χ0v) is 18.4. The number of aryl methyl sites for hydroxylation is 1. The van der Waals surface area contributed by atoms with Crippen LogP contribution in [0.2, 0.25) is 0 Å². The number of thioether (sulfide) groups is 1. The van der Waals surface area contributed by atoms with Crippen molar-refractivity contribution < 1.29 is 0 Å². The Bertz CT molecular complexity index is 1370. The molecule has 0 amide bonds. The van der Waals surface area contributed by atoms with Crippen LogP contribution in [-0.2, 0) is 12.3 Å². The Morgan fingerprint density at radius 1 is 1.17 bits per heavy atom. The number of nitrogens with one attached hydrogen (secondary N) is 1. The molecule has 1 aromatic carbocycles. The Kier molecular flexibility index (Phi) is 5.19. The zero-order chi connectivity index (χ0) is 20.5. The summed E-state index contributed by atoms with van der Waals surface area (Å²) in [6.07, 6.45) is 0. The van der Waals surface area contributed by atoms with E-state index in [9.17, 15) is 4.79 Å². The van der Waals surface area contributed by atoms with Gasteiger partial charge in [-0.25, -0.2) is 9.67 Å². The van der Waals surface area contributed by atoms with Gasteiger partial charge < -0.3 is 4.98 Å². The Labute approximate surface area is 183 Å². The first-order chi connectivity index (χ1) is 14.7. The number of aromatic nitrogens is 6. The third-order valence-corrected chi connectivity index (χ3v) is 7.39. The molecule has 0 atom stereocenters. The third-order valence-electron chi connectivity index (χ3n) is 4.51. The molecule has 1 N–H and O–H groups in total. The first-order valence-electron chi connectivity index (χ1n) is 9.17. The number of fused-ring (bicyclic) bond motifs is 1. The number of benzene rings is 1. The topological polar surface area (TPSA) is 89.3 Å². The van der Waals surface area contributed by atoms with E-state index in [1.807, 2.05) is 35.7 Å². The predicted molar refractivity (Wildman–Crippen MR) is 121 cm³/mol. The maximum absolute atomic E-state index is 12.8. The van der Waals surface area contributed by atoms with E-state index in [-0.39, 0.29) is 5.56 Å². The highest BCUT2D eigenvalue weighted by atomic mass is 32.2. The summed E-state index contributed by atoms with van der Waals surface area (Å²) in [6, 6.07) is 14.1. The Balaban J connectivity index is 1.37. The van der Waals surface area contributed by atoms with Crippen molar-refractivity contribution in [2.24, 2.45) is 0 Å². The van der Waals surface area contributed by atoms with E-state index in [2.05, 4.69) is 44.5 Å². The van der Waals surface area contributed by atoms with Crippen molar-refractivity contribution in [3.63, 3.8) is 0 Å². The fourth-order valence-corrected chi connectivity index (χ4v) is 5.78. The Hall–Kier alpha value is -2.82. The van der Waals surface area contributed by atoms with Crippen LogP contribution >= 0.6 is 34.4 Å². The summed E-state index contributed by atoms with van der Waals surface area (Å²) in [4.78, 5) is 23.5. The lowest BCUT2D eigenvalue weighted by molar-refractivity contribution is 0.602. The molecule has 0 aliphatic carbocycles. The van der Waals surface area contributed by atoms with Crippen LogP contribution in [0.5, 0.6) is 0 Å². The van der Waals surface area contributed by atoms with Crippen molar-refractivity contribution in [3.8, 4) is 10.4 Å². The maximum atomic E-state index is 12.8. The van der Waals surface area contributed by atoms with Crippen LogP contribution in [-0.4, -0.2) is 30.2 Å². The highest BCUT2D eigenvalue weighted by Crippen LogP contribution is 2.35. The predicted octanol–water partition coefficient (Wildman–Crippen LogP) is 4.35. The first-order valence-corrected chi connectivity index (χ1v) is 11.9. The zero-order valence-electron chi connectivity index (χ0n) is 15.9. The number of tetrazole rings is 1. The SMILES string of the molecule is Cc1ccc(-c2csc3nc(CSc4nnnn4Cc4ccccc4)[nH]c(=O)c23)s1. The molecule has 30 heavy (non-hydrogen) atoms.